The number of fused-ring (bicyclic) bond motifs is 2. The molecule has 12 heteroatoms. The number of nitrogens with one attached hydrogen (secondary N) is 1. The van der Waals surface area contributed by atoms with Gasteiger partial charge >= 0.3 is 5.76 Å². The first-order chi connectivity index (χ1) is 19.5. The number of hydrogen-bond donors (Lipinski definition) is 1. The number of aromatic amines is 1. The number of morpholine rings is 1. The van der Waals surface area contributed by atoms with Crippen LogP contribution in [0.25, 0.3) is 34.1 Å². The molecule has 0 bridgehead atoms. The zero-order chi connectivity index (χ0) is 27.4. The number of pyridine rings is 1. The molecule has 1 N–H and O–H groups in total. The summed E-state index contributed by atoms with van der Waals surface area (Å²) in [4.78, 5) is 36.1. The summed E-state index contributed by atoms with van der Waals surface area (Å²) >= 11 is 6.41. The zero-order valence-electron chi connectivity index (χ0n) is 22.7. The summed E-state index contributed by atoms with van der Waals surface area (Å²) in [5.41, 5.74) is 2.76. The highest BCUT2D eigenvalue weighted by molar-refractivity contribution is 6.30. The third-order valence-electron chi connectivity index (χ3n) is 9.05. The van der Waals surface area contributed by atoms with E-state index in [2.05, 4.69) is 38.4 Å². The Morgan fingerprint density at radius 3 is 2.73 bits per heavy atom. The van der Waals surface area contributed by atoms with Gasteiger partial charge in [-0.15, -0.1) is 0 Å². The first kappa shape index (κ1) is 25.6. The molecule has 4 aromatic heterocycles. The van der Waals surface area contributed by atoms with Crippen LogP contribution in [0.3, 0.4) is 0 Å². The monoisotopic (exact) mass is 564 g/mol. The normalized spacial score (nSPS) is 25.8. The van der Waals surface area contributed by atoms with Crippen molar-refractivity contribution in [2.24, 2.45) is 11.8 Å². The largest absolute Gasteiger partial charge is 0.439 e. The van der Waals surface area contributed by atoms with Gasteiger partial charge in [0.25, 0.3) is 0 Å². The fourth-order valence-corrected chi connectivity index (χ4v) is 7.08. The van der Waals surface area contributed by atoms with Gasteiger partial charge < -0.3 is 14.2 Å². The lowest BCUT2D eigenvalue weighted by molar-refractivity contribution is 0.0245. The Morgan fingerprint density at radius 2 is 1.95 bits per heavy atom. The molecule has 0 radical (unpaired) electrons. The topological polar surface area (TPSA) is 128 Å². The highest BCUT2D eigenvalue weighted by Crippen LogP contribution is 2.43. The van der Waals surface area contributed by atoms with Crippen LogP contribution in [0.4, 0.5) is 5.95 Å². The van der Waals surface area contributed by atoms with E-state index in [1.54, 1.807) is 12.4 Å². The van der Waals surface area contributed by atoms with Crippen LogP contribution in [0, 0.1) is 11.8 Å². The van der Waals surface area contributed by atoms with Crippen molar-refractivity contribution in [2.75, 3.05) is 18.1 Å². The molecule has 1 aliphatic heterocycles. The fourth-order valence-electron chi connectivity index (χ4n) is 6.91. The van der Waals surface area contributed by atoms with Crippen LogP contribution in [0.15, 0.2) is 27.8 Å². The molecule has 11 nitrogen and oxygen atoms in total. The molecule has 1 saturated heterocycles. The van der Waals surface area contributed by atoms with Crippen LogP contribution in [-0.4, -0.2) is 59.9 Å². The van der Waals surface area contributed by atoms with E-state index in [4.69, 9.17) is 35.8 Å². The number of anilines is 1. The molecule has 4 aromatic rings. The zero-order valence-corrected chi connectivity index (χ0v) is 23.5. The Balaban J connectivity index is 1.47. The Bertz CT molecular complexity index is 1590. The van der Waals surface area contributed by atoms with Crippen molar-refractivity contribution in [3.63, 3.8) is 0 Å². The van der Waals surface area contributed by atoms with Gasteiger partial charge in [0.15, 0.2) is 5.65 Å². The van der Waals surface area contributed by atoms with E-state index < -0.39 is 5.76 Å². The van der Waals surface area contributed by atoms with Gasteiger partial charge in [-0.1, -0.05) is 36.5 Å². The van der Waals surface area contributed by atoms with Gasteiger partial charge in [0.05, 0.1) is 23.8 Å². The third-order valence-corrected chi connectivity index (χ3v) is 9.25. The smallest absolute Gasteiger partial charge is 0.374 e. The third kappa shape index (κ3) is 4.49. The van der Waals surface area contributed by atoms with Crippen molar-refractivity contribution in [3.8, 4) is 22.9 Å². The van der Waals surface area contributed by atoms with Crippen LogP contribution < -0.4 is 10.7 Å². The number of imidazole rings is 1. The van der Waals surface area contributed by atoms with Gasteiger partial charge in [-0.05, 0) is 56.9 Å². The van der Waals surface area contributed by atoms with Crippen molar-refractivity contribution >= 4 is 28.7 Å². The molecule has 5 heterocycles. The number of H-pyrrole nitrogens is 1. The summed E-state index contributed by atoms with van der Waals surface area (Å²) in [6.45, 7) is 6.09. The number of rotatable bonds is 5. The minimum Gasteiger partial charge on any atom is -0.374 e. The maximum atomic E-state index is 11.8. The lowest BCUT2D eigenvalue weighted by atomic mass is 9.79. The summed E-state index contributed by atoms with van der Waals surface area (Å²) in [6.07, 6.45) is 11.6. The summed E-state index contributed by atoms with van der Waals surface area (Å²) in [5.74, 6) is 1.86. The van der Waals surface area contributed by atoms with Crippen LogP contribution in [-0.2, 0) is 4.74 Å². The lowest BCUT2D eigenvalue weighted by Gasteiger charge is -2.40. The molecule has 3 fully saturated rings. The summed E-state index contributed by atoms with van der Waals surface area (Å²) in [7, 11) is 0. The van der Waals surface area contributed by atoms with Gasteiger partial charge in [-0.2, -0.15) is 4.98 Å². The highest BCUT2D eigenvalue weighted by atomic mass is 35.5. The summed E-state index contributed by atoms with van der Waals surface area (Å²) in [6, 6.07) is 2.29. The molecular weight excluding hydrogens is 532 g/mol. The van der Waals surface area contributed by atoms with Gasteiger partial charge in [-0.25, -0.2) is 14.8 Å². The van der Waals surface area contributed by atoms with Gasteiger partial charge in [0, 0.05) is 30.5 Å². The van der Waals surface area contributed by atoms with Crippen LogP contribution in [0.5, 0.6) is 0 Å². The molecule has 40 heavy (non-hydrogen) atoms. The quantitative estimate of drug-likeness (QED) is 0.355. The van der Waals surface area contributed by atoms with Crippen molar-refractivity contribution in [1.82, 2.24) is 34.6 Å². The van der Waals surface area contributed by atoms with E-state index in [1.807, 2.05) is 6.07 Å². The standard InChI is InChI=1S/C28H33ClN8O3/c1-15-6-8-17(9-7-15)16(2)37-23-22(18-12-19(29)14-30-13-18)31-25(26-34-28(38)40-35-26)32-24(23)33-27(37)36-10-11-39-21-5-3-4-20(21)36/h12-17,20-21H,3-11H2,1-2H3,(H,34,35,38). The SMILES string of the molecule is CC1CCC(C(C)n2c(N3CCOC4CCCC43)nc3nc(-c4noc(=O)[nH]4)nc(-c4cncc(Cl)c4)c32)CC1. The second kappa shape index (κ2) is 10.3. The summed E-state index contributed by atoms with van der Waals surface area (Å²) in [5, 5.41) is 4.36. The first-order valence-electron chi connectivity index (χ1n) is 14.3. The van der Waals surface area contributed by atoms with E-state index in [0.29, 0.717) is 28.9 Å². The molecule has 3 aliphatic rings. The van der Waals surface area contributed by atoms with Gasteiger partial charge in [-0.3, -0.25) is 14.5 Å². The Hall–Kier alpha value is -3.31. The predicted octanol–water partition coefficient (Wildman–Crippen LogP) is 5.03. The molecule has 3 unspecified atom stereocenters. The van der Waals surface area contributed by atoms with E-state index >= 15 is 0 Å². The molecule has 0 spiro atoms. The Labute approximate surface area is 236 Å². The predicted molar refractivity (Wildman–Crippen MR) is 150 cm³/mol. The Kier molecular flexibility index (Phi) is 6.58. The Morgan fingerprint density at radius 1 is 1.10 bits per heavy atom. The van der Waals surface area contributed by atoms with Crippen molar-refractivity contribution in [2.45, 2.75) is 77.0 Å². The van der Waals surface area contributed by atoms with E-state index in [1.165, 1.54) is 25.7 Å². The van der Waals surface area contributed by atoms with Crippen molar-refractivity contribution < 1.29 is 9.26 Å². The molecule has 210 valence electrons. The number of hydrogen-bond acceptors (Lipinski definition) is 9. The minimum atomic E-state index is -0.670. The van der Waals surface area contributed by atoms with Crippen LogP contribution in [0.2, 0.25) is 5.02 Å². The maximum absolute atomic E-state index is 11.8. The molecule has 0 amide bonds. The molecule has 7 rings (SSSR count). The molecular formula is C28H33ClN8O3. The van der Waals surface area contributed by atoms with Crippen molar-refractivity contribution in [1.29, 1.82) is 0 Å². The number of nitrogens with zero attached hydrogens (tertiary/aromatic N) is 7. The lowest BCUT2D eigenvalue weighted by Crippen LogP contribution is -2.50. The second-order valence-electron chi connectivity index (χ2n) is 11.5. The average Bonchev–Trinajstić information content (AvgIpc) is 3.70. The molecule has 2 saturated carbocycles. The maximum Gasteiger partial charge on any atom is 0.439 e. The minimum absolute atomic E-state index is 0.149. The second-order valence-corrected chi connectivity index (χ2v) is 12.0. The highest BCUT2D eigenvalue weighted by Gasteiger charge is 2.40. The number of ether oxygens (including phenoxy) is 1. The van der Waals surface area contributed by atoms with E-state index in [-0.39, 0.29) is 29.8 Å². The first-order valence-corrected chi connectivity index (χ1v) is 14.7. The van der Waals surface area contributed by atoms with E-state index in [0.717, 1.165) is 48.8 Å². The average molecular weight is 565 g/mol. The van der Waals surface area contributed by atoms with Crippen molar-refractivity contribution in [3.05, 3.63) is 34.0 Å². The fraction of sp³-hybridized carbons (Fsp3) is 0.571. The summed E-state index contributed by atoms with van der Waals surface area (Å²) < 4.78 is 13.3. The van der Waals surface area contributed by atoms with Gasteiger partial charge in [0.2, 0.25) is 17.6 Å². The number of halogens is 1. The van der Waals surface area contributed by atoms with Crippen LogP contribution in [0.1, 0.15) is 64.8 Å². The van der Waals surface area contributed by atoms with Crippen LogP contribution >= 0.6 is 11.6 Å². The molecule has 3 atom stereocenters. The van der Waals surface area contributed by atoms with E-state index in [9.17, 15) is 4.79 Å². The molecule has 2 aliphatic carbocycles. The molecule has 0 aromatic carbocycles. The number of aromatic nitrogens is 7. The van der Waals surface area contributed by atoms with Gasteiger partial charge in [0.1, 0.15) is 11.2 Å².